The summed E-state index contributed by atoms with van der Waals surface area (Å²) >= 11 is 2.53. The molecule has 1 fully saturated rings. The van der Waals surface area contributed by atoms with E-state index < -0.39 is 0 Å². The van der Waals surface area contributed by atoms with E-state index >= 15 is 0 Å². The van der Waals surface area contributed by atoms with Crippen LogP contribution in [0.5, 0.6) is 0 Å². The van der Waals surface area contributed by atoms with Crippen LogP contribution in [-0.4, -0.2) is 9.16 Å². The SMILES string of the molecule is CC1=C2C=C(/C=C\C=C1)C1CCCCC(C1)N2I. The maximum Gasteiger partial charge on any atom is 0.0594 e. The molecule has 2 heteroatoms. The predicted octanol–water partition coefficient (Wildman–Crippen LogP) is 4.93. The Kier molecular flexibility index (Phi) is 3.64. The first-order chi connectivity index (χ1) is 8.75. The lowest BCUT2D eigenvalue weighted by molar-refractivity contribution is 0.384. The third-order valence-corrected chi connectivity index (χ3v) is 5.68. The Morgan fingerprint density at radius 3 is 2.83 bits per heavy atom. The monoisotopic (exact) mass is 353 g/mol. The molecule has 0 amide bonds. The molecule has 0 N–H and O–H groups in total. The Bertz CT molecular complexity index is 456. The molecule has 2 atom stereocenters. The highest BCUT2D eigenvalue weighted by Gasteiger charge is 2.30. The number of halogens is 1. The van der Waals surface area contributed by atoms with Crippen LogP contribution in [0.2, 0.25) is 0 Å². The second-order valence-electron chi connectivity index (χ2n) is 5.61. The zero-order valence-electron chi connectivity index (χ0n) is 10.9. The summed E-state index contributed by atoms with van der Waals surface area (Å²) in [4.78, 5) is 0. The average Bonchev–Trinajstić information content (AvgIpc) is 2.66. The number of hydrogen-bond acceptors (Lipinski definition) is 1. The minimum Gasteiger partial charge on any atom is -0.311 e. The fourth-order valence-electron chi connectivity index (χ4n) is 3.30. The van der Waals surface area contributed by atoms with Gasteiger partial charge < -0.3 is 3.11 Å². The van der Waals surface area contributed by atoms with E-state index in [1.807, 2.05) is 0 Å². The van der Waals surface area contributed by atoms with Gasteiger partial charge in [0.15, 0.2) is 0 Å². The van der Waals surface area contributed by atoms with Gasteiger partial charge in [-0.1, -0.05) is 37.1 Å². The summed E-state index contributed by atoms with van der Waals surface area (Å²) in [6.07, 6.45) is 18.2. The van der Waals surface area contributed by atoms with E-state index in [9.17, 15) is 0 Å². The lowest BCUT2D eigenvalue weighted by atomic mass is 9.90. The third kappa shape index (κ3) is 2.31. The molecule has 2 aliphatic carbocycles. The zero-order chi connectivity index (χ0) is 12.5. The minimum atomic E-state index is 0.719. The number of rotatable bonds is 0. The molecule has 1 heterocycles. The highest BCUT2D eigenvalue weighted by atomic mass is 127. The predicted molar refractivity (Wildman–Crippen MR) is 85.3 cm³/mol. The van der Waals surface area contributed by atoms with Gasteiger partial charge in [-0.3, -0.25) is 0 Å². The van der Waals surface area contributed by atoms with Gasteiger partial charge in [0.05, 0.1) is 22.9 Å². The number of hydrogen-bond donors (Lipinski definition) is 0. The van der Waals surface area contributed by atoms with Crippen molar-refractivity contribution in [3.63, 3.8) is 0 Å². The van der Waals surface area contributed by atoms with Gasteiger partial charge in [0.1, 0.15) is 0 Å². The van der Waals surface area contributed by atoms with Gasteiger partial charge in [0, 0.05) is 11.7 Å². The molecule has 2 unspecified atom stereocenters. The quantitative estimate of drug-likeness (QED) is 0.441. The maximum absolute atomic E-state index is 2.53. The van der Waals surface area contributed by atoms with Gasteiger partial charge >= 0.3 is 0 Å². The summed E-state index contributed by atoms with van der Waals surface area (Å²) in [6.45, 7) is 2.23. The molecule has 4 bridgehead atoms. The van der Waals surface area contributed by atoms with Crippen molar-refractivity contribution < 1.29 is 0 Å². The van der Waals surface area contributed by atoms with E-state index in [4.69, 9.17) is 0 Å². The van der Waals surface area contributed by atoms with Gasteiger partial charge in [-0.2, -0.15) is 0 Å². The average molecular weight is 353 g/mol. The number of allylic oxidation sites excluding steroid dienone is 7. The molecular formula is C16H20IN. The summed E-state index contributed by atoms with van der Waals surface area (Å²) in [7, 11) is 0. The van der Waals surface area contributed by atoms with Crippen LogP contribution in [-0.2, 0) is 0 Å². The van der Waals surface area contributed by atoms with Gasteiger partial charge in [-0.05, 0) is 49.3 Å². The molecule has 1 aliphatic heterocycles. The van der Waals surface area contributed by atoms with E-state index in [1.165, 1.54) is 43.4 Å². The first-order valence-electron chi connectivity index (χ1n) is 6.98. The normalized spacial score (nSPS) is 33.2. The van der Waals surface area contributed by atoms with Crippen LogP contribution in [0.15, 0.2) is 47.2 Å². The van der Waals surface area contributed by atoms with Gasteiger partial charge in [0.25, 0.3) is 0 Å². The molecule has 96 valence electrons. The molecular weight excluding hydrogens is 333 g/mol. The van der Waals surface area contributed by atoms with Crippen molar-refractivity contribution in [3.8, 4) is 0 Å². The Morgan fingerprint density at radius 2 is 1.94 bits per heavy atom. The fraction of sp³-hybridized carbons (Fsp3) is 0.500. The molecule has 0 aromatic heterocycles. The van der Waals surface area contributed by atoms with Crippen molar-refractivity contribution >= 4 is 22.9 Å². The highest BCUT2D eigenvalue weighted by molar-refractivity contribution is 14.1. The van der Waals surface area contributed by atoms with Crippen molar-refractivity contribution in [2.24, 2.45) is 5.92 Å². The number of fused-ring (bicyclic) bond motifs is 4. The van der Waals surface area contributed by atoms with Gasteiger partial charge in [-0.15, -0.1) is 0 Å². The molecule has 3 rings (SSSR count). The number of nitrogens with zero attached hydrogens (tertiary/aromatic N) is 1. The maximum atomic E-state index is 2.53. The summed E-state index contributed by atoms with van der Waals surface area (Å²) in [5.41, 5.74) is 4.35. The Morgan fingerprint density at radius 1 is 1.17 bits per heavy atom. The molecule has 1 saturated carbocycles. The molecule has 18 heavy (non-hydrogen) atoms. The summed E-state index contributed by atoms with van der Waals surface area (Å²) < 4.78 is 2.50. The van der Waals surface area contributed by atoms with E-state index in [0.29, 0.717) is 0 Å². The largest absolute Gasteiger partial charge is 0.311 e. The second-order valence-corrected chi connectivity index (χ2v) is 6.65. The Balaban J connectivity index is 2.10. The first-order valence-corrected chi connectivity index (χ1v) is 7.94. The Hall–Kier alpha value is -0.510. The van der Waals surface area contributed by atoms with Crippen LogP contribution in [0.1, 0.15) is 39.0 Å². The first kappa shape index (κ1) is 12.5. The van der Waals surface area contributed by atoms with Crippen LogP contribution < -0.4 is 0 Å². The minimum absolute atomic E-state index is 0.719. The van der Waals surface area contributed by atoms with E-state index in [0.717, 1.165) is 12.0 Å². The molecule has 3 aliphatic rings. The van der Waals surface area contributed by atoms with Crippen LogP contribution >= 0.6 is 22.9 Å². The van der Waals surface area contributed by atoms with Crippen LogP contribution in [0, 0.1) is 5.92 Å². The van der Waals surface area contributed by atoms with Crippen molar-refractivity contribution in [1.29, 1.82) is 0 Å². The summed E-state index contributed by atoms with van der Waals surface area (Å²) in [6, 6.07) is 0.719. The summed E-state index contributed by atoms with van der Waals surface area (Å²) in [5.74, 6) is 0.766. The Labute approximate surface area is 124 Å². The smallest absolute Gasteiger partial charge is 0.0594 e. The standard InChI is InChI=1S/C16H20IN/c1-12-6-2-3-8-14-11-16(12)18(17)15-9-5-4-7-13(14)10-15/h2-3,6,8,11,13,15H,4-5,7,9-10H2,1H3/b3-2?,6-2?,8-3-,12-6?,14-8?,16-12?. The molecule has 0 saturated heterocycles. The molecule has 1 nitrogen and oxygen atoms in total. The lowest BCUT2D eigenvalue weighted by Crippen LogP contribution is -2.25. The van der Waals surface area contributed by atoms with E-state index in [-0.39, 0.29) is 0 Å². The summed E-state index contributed by atoms with van der Waals surface area (Å²) in [5, 5.41) is 0. The van der Waals surface area contributed by atoms with Crippen LogP contribution in [0.3, 0.4) is 0 Å². The van der Waals surface area contributed by atoms with E-state index in [1.54, 1.807) is 5.57 Å². The van der Waals surface area contributed by atoms with Crippen molar-refractivity contribution in [2.45, 2.75) is 45.1 Å². The van der Waals surface area contributed by atoms with Crippen molar-refractivity contribution in [2.75, 3.05) is 0 Å². The molecule has 0 aromatic rings. The fourth-order valence-corrected chi connectivity index (χ4v) is 4.32. The highest BCUT2D eigenvalue weighted by Crippen LogP contribution is 2.40. The second kappa shape index (κ2) is 5.24. The van der Waals surface area contributed by atoms with E-state index in [2.05, 4.69) is 63.3 Å². The van der Waals surface area contributed by atoms with Crippen molar-refractivity contribution in [1.82, 2.24) is 3.11 Å². The van der Waals surface area contributed by atoms with Gasteiger partial charge in [0.2, 0.25) is 0 Å². The van der Waals surface area contributed by atoms with Crippen molar-refractivity contribution in [3.05, 3.63) is 47.2 Å². The molecule has 0 radical (unpaired) electrons. The lowest BCUT2D eigenvalue weighted by Gasteiger charge is -2.27. The zero-order valence-corrected chi connectivity index (χ0v) is 13.1. The van der Waals surface area contributed by atoms with Crippen LogP contribution in [0.25, 0.3) is 0 Å². The third-order valence-electron chi connectivity index (χ3n) is 4.37. The molecule has 0 spiro atoms. The van der Waals surface area contributed by atoms with Crippen LogP contribution in [0.4, 0.5) is 0 Å². The molecule has 0 aromatic carbocycles. The topological polar surface area (TPSA) is 3.24 Å². The van der Waals surface area contributed by atoms with Gasteiger partial charge in [-0.25, -0.2) is 0 Å².